The van der Waals surface area contributed by atoms with Crippen molar-refractivity contribution in [2.45, 2.75) is 5.16 Å². The molecule has 3 aromatic carbocycles. The van der Waals surface area contributed by atoms with Crippen molar-refractivity contribution in [3.05, 3.63) is 100 Å². The van der Waals surface area contributed by atoms with Gasteiger partial charge in [-0.2, -0.15) is 0 Å². The Morgan fingerprint density at radius 1 is 1.06 bits per heavy atom. The van der Waals surface area contributed by atoms with Crippen molar-refractivity contribution in [1.29, 1.82) is 0 Å². The molecule has 0 saturated heterocycles. The van der Waals surface area contributed by atoms with Gasteiger partial charge in [0.25, 0.3) is 5.69 Å². The molecule has 0 aliphatic carbocycles. The number of hydrogen-bond acceptors (Lipinski definition) is 5. The Hall–Kier alpha value is -3.62. The molecular weight excluding hydrogens is 448 g/mol. The molecule has 0 aliphatic heterocycles. The highest BCUT2D eigenvalue weighted by Gasteiger charge is 2.18. The van der Waals surface area contributed by atoms with Gasteiger partial charge in [-0.05, 0) is 24.3 Å². The zero-order valence-electron chi connectivity index (χ0n) is 16.6. The molecule has 0 fully saturated rings. The molecule has 1 heterocycles. The van der Waals surface area contributed by atoms with Crippen LogP contribution in [0.3, 0.4) is 0 Å². The number of rotatable bonds is 7. The van der Waals surface area contributed by atoms with Gasteiger partial charge in [-0.1, -0.05) is 71.9 Å². The third kappa shape index (κ3) is 4.99. The van der Waals surface area contributed by atoms with Crippen LogP contribution in [-0.2, 0) is 4.79 Å². The van der Waals surface area contributed by atoms with Crippen molar-refractivity contribution >= 4 is 40.6 Å². The first-order valence-corrected chi connectivity index (χ1v) is 10.9. The first-order valence-electron chi connectivity index (χ1n) is 9.58. The number of nitrogens with zero attached hydrogens (tertiary/aromatic N) is 3. The zero-order chi connectivity index (χ0) is 22.5. The number of carbonyl (C=O) groups excluding carboxylic acids is 1. The van der Waals surface area contributed by atoms with Gasteiger partial charge in [0.15, 0.2) is 5.16 Å². The Morgan fingerprint density at radius 3 is 2.44 bits per heavy atom. The van der Waals surface area contributed by atoms with Crippen LogP contribution in [0.2, 0.25) is 5.02 Å². The second kappa shape index (κ2) is 9.67. The van der Waals surface area contributed by atoms with Crippen molar-refractivity contribution < 1.29 is 9.72 Å². The van der Waals surface area contributed by atoms with Crippen LogP contribution in [0, 0.1) is 10.1 Å². The van der Waals surface area contributed by atoms with Crippen molar-refractivity contribution in [3.63, 3.8) is 0 Å². The summed E-state index contributed by atoms with van der Waals surface area (Å²) in [6.07, 6.45) is 1.93. The number of imidazole rings is 1. The van der Waals surface area contributed by atoms with E-state index in [1.54, 1.807) is 0 Å². The quantitative estimate of drug-likeness (QED) is 0.211. The number of anilines is 1. The molecule has 0 atom stereocenters. The number of thioether (sulfide) groups is 1. The molecular formula is C23H17ClN4O3S. The molecule has 160 valence electrons. The summed E-state index contributed by atoms with van der Waals surface area (Å²) in [7, 11) is 0. The minimum Gasteiger partial charge on any atom is -0.320 e. The lowest BCUT2D eigenvalue weighted by atomic mass is 10.2. The molecule has 0 aliphatic rings. The van der Waals surface area contributed by atoms with Crippen LogP contribution in [0.4, 0.5) is 11.4 Å². The number of benzene rings is 3. The highest BCUT2D eigenvalue weighted by Crippen LogP contribution is 2.30. The van der Waals surface area contributed by atoms with Gasteiger partial charge >= 0.3 is 0 Å². The summed E-state index contributed by atoms with van der Waals surface area (Å²) in [6, 6.07) is 23.6. The summed E-state index contributed by atoms with van der Waals surface area (Å²) in [5.41, 5.74) is 2.50. The average molecular weight is 465 g/mol. The SMILES string of the molecule is O=C(CSc1nc(-c2ccccc2)cn1-c1ccccc1)Nc1ccc(Cl)cc1[N+](=O)[O-]. The van der Waals surface area contributed by atoms with E-state index in [0.29, 0.717) is 5.16 Å². The number of amides is 1. The van der Waals surface area contributed by atoms with Crippen LogP contribution in [0.1, 0.15) is 0 Å². The molecule has 0 unspecified atom stereocenters. The number of carbonyl (C=O) groups is 1. The van der Waals surface area contributed by atoms with Crippen molar-refractivity contribution in [1.82, 2.24) is 9.55 Å². The average Bonchev–Trinajstić information content (AvgIpc) is 3.24. The van der Waals surface area contributed by atoms with E-state index in [9.17, 15) is 14.9 Å². The normalized spacial score (nSPS) is 10.7. The van der Waals surface area contributed by atoms with Crippen molar-refractivity contribution in [2.75, 3.05) is 11.1 Å². The molecule has 4 rings (SSSR count). The predicted octanol–water partition coefficient (Wildman–Crippen LogP) is 5.83. The smallest absolute Gasteiger partial charge is 0.294 e. The van der Waals surface area contributed by atoms with Crippen LogP contribution in [0.5, 0.6) is 0 Å². The standard InChI is InChI=1S/C23H17ClN4O3S/c24-17-11-12-19(21(13-17)28(30)31)25-22(29)15-32-23-26-20(16-7-3-1-4-8-16)14-27(23)18-9-5-2-6-10-18/h1-14H,15H2,(H,25,29). The number of nitrogens with one attached hydrogen (secondary N) is 1. The number of hydrogen-bond donors (Lipinski definition) is 1. The van der Waals surface area contributed by atoms with E-state index in [2.05, 4.69) is 5.32 Å². The summed E-state index contributed by atoms with van der Waals surface area (Å²) in [5.74, 6) is -0.359. The zero-order valence-corrected chi connectivity index (χ0v) is 18.2. The first kappa shape index (κ1) is 21.6. The van der Waals surface area contributed by atoms with Gasteiger partial charge in [-0.25, -0.2) is 4.98 Å². The maximum Gasteiger partial charge on any atom is 0.294 e. The third-order valence-electron chi connectivity index (χ3n) is 4.54. The Kier molecular flexibility index (Phi) is 6.53. The maximum atomic E-state index is 12.5. The van der Waals surface area contributed by atoms with Crippen LogP contribution >= 0.6 is 23.4 Å². The van der Waals surface area contributed by atoms with Crippen LogP contribution in [0.15, 0.2) is 90.2 Å². The molecule has 0 spiro atoms. The topological polar surface area (TPSA) is 90.1 Å². The van der Waals surface area contributed by atoms with Crippen molar-refractivity contribution in [3.8, 4) is 16.9 Å². The van der Waals surface area contributed by atoms with Crippen LogP contribution in [-0.4, -0.2) is 26.1 Å². The van der Waals surface area contributed by atoms with Gasteiger partial charge in [-0.15, -0.1) is 0 Å². The van der Waals surface area contributed by atoms with E-state index >= 15 is 0 Å². The fraction of sp³-hybridized carbons (Fsp3) is 0.0435. The molecule has 7 nitrogen and oxygen atoms in total. The minimum atomic E-state index is -0.580. The molecule has 0 radical (unpaired) electrons. The minimum absolute atomic E-state index is 0.0257. The lowest BCUT2D eigenvalue weighted by molar-refractivity contribution is -0.383. The van der Waals surface area contributed by atoms with Gasteiger partial charge in [0, 0.05) is 28.5 Å². The van der Waals surface area contributed by atoms with E-state index < -0.39 is 4.92 Å². The summed E-state index contributed by atoms with van der Waals surface area (Å²) in [4.78, 5) is 27.9. The van der Waals surface area contributed by atoms with Gasteiger partial charge in [0.1, 0.15) is 5.69 Å². The summed E-state index contributed by atoms with van der Waals surface area (Å²) >= 11 is 7.08. The van der Waals surface area contributed by atoms with Gasteiger partial charge in [0.2, 0.25) is 5.91 Å². The van der Waals surface area contributed by atoms with E-state index in [0.717, 1.165) is 16.9 Å². The monoisotopic (exact) mass is 464 g/mol. The molecule has 1 aromatic heterocycles. The summed E-state index contributed by atoms with van der Waals surface area (Å²) in [5, 5.41) is 14.7. The Balaban J connectivity index is 1.56. The fourth-order valence-corrected chi connectivity index (χ4v) is 4.02. The molecule has 0 bridgehead atoms. The molecule has 4 aromatic rings. The third-order valence-corrected chi connectivity index (χ3v) is 5.73. The summed E-state index contributed by atoms with van der Waals surface area (Å²) < 4.78 is 1.92. The van der Waals surface area contributed by atoms with E-state index in [-0.39, 0.29) is 28.1 Å². The second-order valence-corrected chi connectivity index (χ2v) is 8.11. The van der Waals surface area contributed by atoms with Gasteiger partial charge < -0.3 is 5.32 Å². The first-order chi connectivity index (χ1) is 15.5. The Labute approximate surface area is 193 Å². The highest BCUT2D eigenvalue weighted by molar-refractivity contribution is 7.99. The van der Waals surface area contributed by atoms with Gasteiger partial charge in [0.05, 0.1) is 16.4 Å². The van der Waals surface area contributed by atoms with Gasteiger partial charge in [-0.3, -0.25) is 19.5 Å². The Morgan fingerprint density at radius 2 is 1.75 bits per heavy atom. The lowest BCUT2D eigenvalue weighted by Crippen LogP contribution is -2.15. The largest absolute Gasteiger partial charge is 0.320 e. The van der Waals surface area contributed by atoms with E-state index in [1.807, 2.05) is 71.4 Å². The molecule has 1 amide bonds. The predicted molar refractivity (Wildman–Crippen MR) is 126 cm³/mol. The molecule has 1 N–H and O–H groups in total. The van der Waals surface area contributed by atoms with Crippen molar-refractivity contribution in [2.24, 2.45) is 0 Å². The van der Waals surface area contributed by atoms with Crippen LogP contribution < -0.4 is 5.32 Å². The van der Waals surface area contributed by atoms with Crippen LogP contribution in [0.25, 0.3) is 16.9 Å². The molecule has 32 heavy (non-hydrogen) atoms. The number of nitro benzene ring substituents is 1. The molecule has 9 heteroatoms. The van der Waals surface area contributed by atoms with E-state index in [4.69, 9.17) is 16.6 Å². The number of aromatic nitrogens is 2. The maximum absolute atomic E-state index is 12.5. The summed E-state index contributed by atoms with van der Waals surface area (Å²) in [6.45, 7) is 0. The number of para-hydroxylation sites is 1. The Bertz CT molecular complexity index is 1260. The number of halogens is 1. The lowest BCUT2D eigenvalue weighted by Gasteiger charge is -2.08. The highest BCUT2D eigenvalue weighted by atomic mass is 35.5. The fourth-order valence-electron chi connectivity index (χ4n) is 3.06. The molecule has 0 saturated carbocycles. The number of nitro groups is 1. The van der Waals surface area contributed by atoms with E-state index in [1.165, 1.54) is 30.0 Å². The second-order valence-electron chi connectivity index (χ2n) is 6.74.